The van der Waals surface area contributed by atoms with E-state index in [0.29, 0.717) is 5.69 Å². The molecule has 0 spiro atoms. The number of benzene rings is 1. The molecule has 0 aliphatic carbocycles. The van der Waals surface area contributed by atoms with Crippen molar-refractivity contribution in [1.82, 2.24) is 9.97 Å². The van der Waals surface area contributed by atoms with Gasteiger partial charge in [-0.3, -0.25) is 0 Å². The Kier molecular flexibility index (Phi) is 2.33. The Morgan fingerprint density at radius 3 is 2.78 bits per heavy atom. The highest BCUT2D eigenvalue weighted by molar-refractivity contribution is 5.71. The third kappa shape index (κ3) is 1.64. The lowest BCUT2D eigenvalue weighted by Gasteiger charge is -2.11. The third-order valence-corrected chi connectivity index (χ3v) is 3.27. The maximum atomic E-state index is 11.6. The molecule has 1 aromatic heterocycles. The van der Waals surface area contributed by atoms with Crippen LogP contribution in [0.2, 0.25) is 0 Å². The lowest BCUT2D eigenvalue weighted by Crippen LogP contribution is -2.19. The van der Waals surface area contributed by atoms with Gasteiger partial charge in [-0.15, -0.1) is 0 Å². The number of aromatic nitrogens is 2. The lowest BCUT2D eigenvalue weighted by molar-refractivity contribution is 0.942. The van der Waals surface area contributed by atoms with Crippen LogP contribution < -0.4 is 16.3 Å². The first-order valence-electron chi connectivity index (χ1n) is 5.85. The van der Waals surface area contributed by atoms with E-state index in [-0.39, 0.29) is 5.69 Å². The first-order valence-corrected chi connectivity index (χ1v) is 5.85. The van der Waals surface area contributed by atoms with Crippen molar-refractivity contribution in [2.75, 3.05) is 24.2 Å². The predicted molar refractivity (Wildman–Crippen MR) is 71.7 cm³/mol. The minimum atomic E-state index is -0.311. The summed E-state index contributed by atoms with van der Waals surface area (Å²) >= 11 is 0. The van der Waals surface area contributed by atoms with Crippen molar-refractivity contribution in [2.45, 2.75) is 6.42 Å². The molecule has 2 heterocycles. The molecule has 0 atom stereocenters. The Morgan fingerprint density at radius 1 is 1.33 bits per heavy atom. The second kappa shape index (κ2) is 3.87. The van der Waals surface area contributed by atoms with E-state index < -0.39 is 0 Å². The van der Waals surface area contributed by atoms with Gasteiger partial charge in [0.2, 0.25) is 0 Å². The van der Waals surface area contributed by atoms with Gasteiger partial charge >= 0.3 is 5.69 Å². The summed E-state index contributed by atoms with van der Waals surface area (Å²) in [5.74, 6) is 0.783. The molecule has 3 rings (SSSR count). The maximum Gasteiger partial charge on any atom is 0.347 e. The monoisotopic (exact) mass is 242 g/mol. The van der Waals surface area contributed by atoms with Gasteiger partial charge in [-0.05, 0) is 24.1 Å². The smallest absolute Gasteiger partial charge is 0.347 e. The molecule has 5 heteroatoms. The van der Waals surface area contributed by atoms with Crippen LogP contribution in [0.1, 0.15) is 5.56 Å². The van der Waals surface area contributed by atoms with Crippen LogP contribution in [0.25, 0.3) is 11.3 Å². The van der Waals surface area contributed by atoms with Crippen LogP contribution in [0.5, 0.6) is 0 Å². The number of hydrogen-bond donors (Lipinski definition) is 2. The number of hydrogen-bond acceptors (Lipinski definition) is 4. The summed E-state index contributed by atoms with van der Waals surface area (Å²) < 4.78 is 0. The number of nitrogens with two attached hydrogens (primary N) is 1. The molecule has 2 aromatic rings. The van der Waals surface area contributed by atoms with Gasteiger partial charge in [0.15, 0.2) is 0 Å². The van der Waals surface area contributed by atoms with Gasteiger partial charge in [0.25, 0.3) is 0 Å². The fourth-order valence-electron chi connectivity index (χ4n) is 2.32. The van der Waals surface area contributed by atoms with Crippen LogP contribution in [0.3, 0.4) is 0 Å². The minimum Gasteiger partial charge on any atom is -0.399 e. The van der Waals surface area contributed by atoms with Crippen molar-refractivity contribution in [1.29, 1.82) is 0 Å². The van der Waals surface area contributed by atoms with E-state index in [1.807, 2.05) is 36.2 Å². The average Bonchev–Trinajstić information content (AvgIpc) is 2.71. The highest BCUT2D eigenvalue weighted by Crippen LogP contribution is 2.31. The maximum absolute atomic E-state index is 11.6. The van der Waals surface area contributed by atoms with Gasteiger partial charge in [0.1, 0.15) is 5.82 Å². The highest BCUT2D eigenvalue weighted by atomic mass is 16.1. The fourth-order valence-corrected chi connectivity index (χ4v) is 2.32. The zero-order valence-corrected chi connectivity index (χ0v) is 10.1. The molecule has 1 aliphatic rings. The van der Waals surface area contributed by atoms with Crippen LogP contribution >= 0.6 is 0 Å². The topological polar surface area (TPSA) is 75.0 Å². The van der Waals surface area contributed by atoms with E-state index in [4.69, 9.17) is 5.73 Å². The number of aromatic amines is 1. The minimum absolute atomic E-state index is 0.311. The van der Waals surface area contributed by atoms with E-state index in [9.17, 15) is 4.79 Å². The third-order valence-electron chi connectivity index (χ3n) is 3.27. The highest BCUT2D eigenvalue weighted by Gasteiger charge is 2.22. The van der Waals surface area contributed by atoms with Gasteiger partial charge in [0.05, 0.1) is 5.69 Å². The van der Waals surface area contributed by atoms with Crippen molar-refractivity contribution in [3.05, 3.63) is 40.3 Å². The summed E-state index contributed by atoms with van der Waals surface area (Å²) in [7, 11) is 1.95. The van der Waals surface area contributed by atoms with Crippen molar-refractivity contribution >= 4 is 11.5 Å². The molecular weight excluding hydrogens is 228 g/mol. The number of likely N-dealkylation sites (N-methyl/N-ethyl adjacent to an activating group) is 1. The van der Waals surface area contributed by atoms with Crippen molar-refractivity contribution in [2.24, 2.45) is 0 Å². The summed E-state index contributed by atoms with van der Waals surface area (Å²) in [4.78, 5) is 20.5. The number of fused-ring (bicyclic) bond motifs is 1. The second-order valence-corrected chi connectivity index (χ2v) is 4.51. The molecule has 0 bridgehead atoms. The van der Waals surface area contributed by atoms with Crippen molar-refractivity contribution in [3.8, 4) is 11.3 Å². The molecule has 18 heavy (non-hydrogen) atoms. The van der Waals surface area contributed by atoms with Crippen LogP contribution in [0, 0.1) is 0 Å². The Hall–Kier alpha value is -2.30. The summed E-state index contributed by atoms with van der Waals surface area (Å²) in [6, 6.07) is 7.50. The predicted octanol–water partition coefficient (Wildman–Crippen LogP) is 1.01. The largest absolute Gasteiger partial charge is 0.399 e. The molecule has 0 saturated carbocycles. The summed E-state index contributed by atoms with van der Waals surface area (Å²) in [5, 5.41) is 0. The van der Waals surface area contributed by atoms with E-state index in [1.54, 1.807) is 0 Å². The van der Waals surface area contributed by atoms with Gasteiger partial charge in [0, 0.05) is 24.8 Å². The molecule has 5 nitrogen and oxygen atoms in total. The SMILES string of the molecule is CN1CCc2c1nc(=O)[nH]c2-c1ccc(N)cc1. The van der Waals surface area contributed by atoms with Crippen molar-refractivity contribution < 1.29 is 0 Å². The van der Waals surface area contributed by atoms with Crippen LogP contribution in [0.15, 0.2) is 29.1 Å². The van der Waals surface area contributed by atoms with Gasteiger partial charge in [-0.25, -0.2) is 4.79 Å². The number of nitrogen functional groups attached to an aromatic ring is 1. The molecule has 1 aromatic carbocycles. The second-order valence-electron chi connectivity index (χ2n) is 4.51. The van der Waals surface area contributed by atoms with Crippen LogP contribution in [-0.4, -0.2) is 23.6 Å². The first kappa shape index (κ1) is 10.8. The van der Waals surface area contributed by atoms with E-state index >= 15 is 0 Å². The molecular formula is C13H14N4O. The standard InChI is InChI=1S/C13H14N4O/c1-17-7-6-10-11(15-13(18)16-12(10)17)8-2-4-9(14)5-3-8/h2-5H,6-7,14H2,1H3,(H,15,16,18). The number of anilines is 2. The number of nitrogens with zero attached hydrogens (tertiary/aromatic N) is 2. The fraction of sp³-hybridized carbons (Fsp3) is 0.231. The molecule has 0 amide bonds. The number of rotatable bonds is 1. The number of H-pyrrole nitrogens is 1. The van der Waals surface area contributed by atoms with E-state index in [0.717, 1.165) is 35.6 Å². The first-order chi connectivity index (χ1) is 8.65. The molecule has 0 unspecified atom stereocenters. The molecule has 0 saturated heterocycles. The average molecular weight is 242 g/mol. The summed E-state index contributed by atoms with van der Waals surface area (Å²) in [6.07, 6.45) is 0.898. The van der Waals surface area contributed by atoms with Gasteiger partial charge in [-0.1, -0.05) is 12.1 Å². The summed E-state index contributed by atoms with van der Waals surface area (Å²) in [5.41, 5.74) is 9.00. The Balaban J connectivity index is 2.21. The quantitative estimate of drug-likeness (QED) is 0.732. The Bertz CT molecular complexity index is 645. The summed E-state index contributed by atoms with van der Waals surface area (Å²) in [6.45, 7) is 0.890. The Labute approximate surface area is 104 Å². The normalized spacial score (nSPS) is 13.7. The molecule has 92 valence electrons. The zero-order valence-electron chi connectivity index (χ0n) is 10.1. The van der Waals surface area contributed by atoms with Crippen LogP contribution in [0.4, 0.5) is 11.5 Å². The molecule has 1 aliphatic heterocycles. The van der Waals surface area contributed by atoms with Crippen LogP contribution in [-0.2, 0) is 6.42 Å². The molecule has 0 fully saturated rings. The Morgan fingerprint density at radius 2 is 2.06 bits per heavy atom. The number of nitrogens with one attached hydrogen (secondary N) is 1. The van der Waals surface area contributed by atoms with Gasteiger partial charge < -0.3 is 15.6 Å². The molecule has 3 N–H and O–H groups in total. The molecule has 0 radical (unpaired) electrons. The zero-order chi connectivity index (χ0) is 12.7. The van der Waals surface area contributed by atoms with Gasteiger partial charge in [-0.2, -0.15) is 4.98 Å². The van der Waals surface area contributed by atoms with E-state index in [1.165, 1.54) is 0 Å². The lowest BCUT2D eigenvalue weighted by atomic mass is 10.1. The van der Waals surface area contributed by atoms with E-state index in [2.05, 4.69) is 9.97 Å². The van der Waals surface area contributed by atoms with Crippen molar-refractivity contribution in [3.63, 3.8) is 0 Å².